The van der Waals surface area contributed by atoms with Gasteiger partial charge >= 0.3 is 5.97 Å². The Morgan fingerprint density at radius 2 is 1.67 bits per heavy atom. The zero-order chi connectivity index (χ0) is 21.5. The van der Waals surface area contributed by atoms with Gasteiger partial charge in [0.05, 0.1) is 12.7 Å². The fourth-order valence-electron chi connectivity index (χ4n) is 3.53. The van der Waals surface area contributed by atoms with E-state index in [1.807, 2.05) is 24.3 Å². The Hall–Kier alpha value is -3.12. The minimum absolute atomic E-state index is 0.112. The molecule has 0 aliphatic carbocycles. The van der Waals surface area contributed by atoms with Crippen LogP contribution in [0.5, 0.6) is 0 Å². The molecule has 6 heteroatoms. The highest BCUT2D eigenvalue weighted by Gasteiger charge is 2.16. The second kappa shape index (κ2) is 10.1. The van der Waals surface area contributed by atoms with Gasteiger partial charge in [-0.2, -0.15) is 0 Å². The van der Waals surface area contributed by atoms with Gasteiger partial charge in [-0.05, 0) is 30.3 Å². The number of esters is 1. The van der Waals surface area contributed by atoms with Crippen molar-refractivity contribution in [2.24, 2.45) is 0 Å². The lowest BCUT2D eigenvalue weighted by molar-refractivity contribution is -0.121. The molecule has 0 radical (unpaired) electrons. The number of rotatable bonds is 9. The number of carbonyl (C=O) groups is 2. The first-order chi connectivity index (χ1) is 14.5. The van der Waals surface area contributed by atoms with Gasteiger partial charge in [-0.15, -0.1) is 0 Å². The standard InChI is InChI=1S/C24H29N3O3/c1-4-26(5-2)15-19-12-10-18(11-13-19)14-25-23(28)17-27-16-21(24(29)30-3)20-8-6-7-9-22(20)27/h6-13,16H,4-5,14-15,17H2,1-3H3,(H,25,28). The molecule has 1 amide bonds. The lowest BCUT2D eigenvalue weighted by atomic mass is 10.1. The van der Waals surface area contributed by atoms with E-state index in [2.05, 4.69) is 48.3 Å². The molecular weight excluding hydrogens is 378 g/mol. The number of fused-ring (bicyclic) bond motifs is 1. The van der Waals surface area contributed by atoms with Crippen LogP contribution in [0.15, 0.2) is 54.7 Å². The fraction of sp³-hybridized carbons (Fsp3) is 0.333. The Balaban J connectivity index is 1.62. The van der Waals surface area contributed by atoms with Gasteiger partial charge in [0.15, 0.2) is 0 Å². The Morgan fingerprint density at radius 1 is 1.00 bits per heavy atom. The van der Waals surface area contributed by atoms with Crippen LogP contribution >= 0.6 is 0 Å². The van der Waals surface area contributed by atoms with E-state index in [1.54, 1.807) is 10.8 Å². The van der Waals surface area contributed by atoms with E-state index in [1.165, 1.54) is 12.7 Å². The van der Waals surface area contributed by atoms with E-state index in [0.29, 0.717) is 12.1 Å². The van der Waals surface area contributed by atoms with Gasteiger partial charge in [-0.25, -0.2) is 4.79 Å². The summed E-state index contributed by atoms with van der Waals surface area (Å²) in [6.45, 7) is 7.92. The largest absolute Gasteiger partial charge is 0.465 e. The minimum atomic E-state index is -0.407. The molecule has 0 fully saturated rings. The molecule has 3 rings (SSSR count). The number of benzene rings is 2. The van der Waals surface area contributed by atoms with Crippen LogP contribution in [0.2, 0.25) is 0 Å². The minimum Gasteiger partial charge on any atom is -0.465 e. The third-order valence-corrected chi connectivity index (χ3v) is 5.32. The van der Waals surface area contributed by atoms with Crippen LogP contribution in [0.25, 0.3) is 10.9 Å². The van der Waals surface area contributed by atoms with Gasteiger partial charge in [0.2, 0.25) is 5.91 Å². The van der Waals surface area contributed by atoms with Gasteiger partial charge in [0.25, 0.3) is 0 Å². The summed E-state index contributed by atoms with van der Waals surface area (Å²) in [5.41, 5.74) is 3.61. The van der Waals surface area contributed by atoms with Crippen LogP contribution in [-0.2, 0) is 29.2 Å². The SMILES string of the molecule is CCN(CC)Cc1ccc(CNC(=O)Cn2cc(C(=O)OC)c3ccccc32)cc1. The third-order valence-electron chi connectivity index (χ3n) is 5.32. The molecular formula is C24H29N3O3. The van der Waals surface area contributed by atoms with E-state index in [9.17, 15) is 9.59 Å². The van der Waals surface area contributed by atoms with Crippen molar-refractivity contribution in [3.8, 4) is 0 Å². The molecule has 1 heterocycles. The molecule has 0 bridgehead atoms. The van der Waals surface area contributed by atoms with Crippen molar-refractivity contribution in [2.75, 3.05) is 20.2 Å². The maximum Gasteiger partial charge on any atom is 0.340 e. The average Bonchev–Trinajstić information content (AvgIpc) is 3.14. The number of hydrogen-bond acceptors (Lipinski definition) is 4. The molecule has 0 saturated heterocycles. The van der Waals surface area contributed by atoms with Crippen LogP contribution in [0.4, 0.5) is 0 Å². The number of methoxy groups -OCH3 is 1. The Kier molecular flexibility index (Phi) is 7.25. The van der Waals surface area contributed by atoms with Crippen LogP contribution in [-0.4, -0.2) is 41.5 Å². The Bertz CT molecular complexity index is 1000. The molecule has 0 aliphatic heterocycles. The number of para-hydroxylation sites is 1. The fourth-order valence-corrected chi connectivity index (χ4v) is 3.53. The molecule has 0 unspecified atom stereocenters. The summed E-state index contributed by atoms with van der Waals surface area (Å²) in [7, 11) is 1.36. The lowest BCUT2D eigenvalue weighted by Crippen LogP contribution is -2.27. The number of hydrogen-bond donors (Lipinski definition) is 1. The highest BCUT2D eigenvalue weighted by Crippen LogP contribution is 2.22. The molecule has 158 valence electrons. The van der Waals surface area contributed by atoms with Gasteiger partial charge in [0.1, 0.15) is 6.54 Å². The quantitative estimate of drug-likeness (QED) is 0.551. The zero-order valence-electron chi connectivity index (χ0n) is 17.9. The summed E-state index contributed by atoms with van der Waals surface area (Å²) in [6.07, 6.45) is 1.68. The Labute approximate surface area is 177 Å². The number of nitrogens with zero attached hydrogens (tertiary/aromatic N) is 2. The van der Waals surface area contributed by atoms with Gasteiger partial charge in [-0.1, -0.05) is 56.3 Å². The number of amides is 1. The first kappa shape index (κ1) is 21.6. The van der Waals surface area contributed by atoms with Crippen molar-refractivity contribution >= 4 is 22.8 Å². The third kappa shape index (κ3) is 5.07. The first-order valence-corrected chi connectivity index (χ1v) is 10.3. The average molecular weight is 408 g/mol. The molecule has 0 aliphatic rings. The number of aromatic nitrogens is 1. The summed E-state index contributed by atoms with van der Waals surface area (Å²) in [5.74, 6) is -0.519. The Morgan fingerprint density at radius 3 is 2.33 bits per heavy atom. The number of nitrogens with one attached hydrogen (secondary N) is 1. The molecule has 1 N–H and O–H groups in total. The van der Waals surface area contributed by atoms with Crippen molar-refractivity contribution in [3.05, 3.63) is 71.4 Å². The van der Waals surface area contributed by atoms with Crippen molar-refractivity contribution in [2.45, 2.75) is 33.5 Å². The molecule has 0 atom stereocenters. The van der Waals surface area contributed by atoms with Crippen molar-refractivity contribution in [1.29, 1.82) is 0 Å². The summed E-state index contributed by atoms with van der Waals surface area (Å²) in [6, 6.07) is 15.8. The monoisotopic (exact) mass is 407 g/mol. The molecule has 0 spiro atoms. The molecule has 0 saturated carbocycles. The van der Waals surface area contributed by atoms with Crippen LogP contribution < -0.4 is 5.32 Å². The van der Waals surface area contributed by atoms with Crippen LogP contribution in [0.1, 0.15) is 35.3 Å². The zero-order valence-corrected chi connectivity index (χ0v) is 17.9. The van der Waals surface area contributed by atoms with Crippen molar-refractivity contribution in [1.82, 2.24) is 14.8 Å². The molecule has 6 nitrogen and oxygen atoms in total. The number of carbonyl (C=O) groups excluding carboxylic acids is 2. The maximum atomic E-state index is 12.5. The van der Waals surface area contributed by atoms with Gasteiger partial charge in [-0.3, -0.25) is 9.69 Å². The van der Waals surface area contributed by atoms with Crippen molar-refractivity contribution < 1.29 is 14.3 Å². The first-order valence-electron chi connectivity index (χ1n) is 10.3. The summed E-state index contributed by atoms with van der Waals surface area (Å²) < 4.78 is 6.64. The molecule has 3 aromatic rings. The highest BCUT2D eigenvalue weighted by molar-refractivity contribution is 6.04. The van der Waals surface area contributed by atoms with E-state index in [-0.39, 0.29) is 12.5 Å². The van der Waals surface area contributed by atoms with Gasteiger partial charge < -0.3 is 14.6 Å². The molecule has 1 aromatic heterocycles. The second-order valence-corrected chi connectivity index (χ2v) is 7.23. The predicted molar refractivity (Wildman–Crippen MR) is 118 cm³/mol. The van der Waals surface area contributed by atoms with Crippen LogP contribution in [0.3, 0.4) is 0 Å². The topological polar surface area (TPSA) is 63.6 Å². The second-order valence-electron chi connectivity index (χ2n) is 7.23. The van der Waals surface area contributed by atoms with Crippen LogP contribution in [0, 0.1) is 0 Å². The summed E-state index contributed by atoms with van der Waals surface area (Å²) in [4.78, 5) is 26.9. The normalized spacial score (nSPS) is 11.1. The molecule has 30 heavy (non-hydrogen) atoms. The summed E-state index contributed by atoms with van der Waals surface area (Å²) >= 11 is 0. The maximum absolute atomic E-state index is 12.5. The summed E-state index contributed by atoms with van der Waals surface area (Å²) in [5, 5.41) is 3.74. The van der Waals surface area contributed by atoms with E-state index in [4.69, 9.17) is 4.74 Å². The van der Waals surface area contributed by atoms with E-state index < -0.39 is 5.97 Å². The number of ether oxygens (including phenoxy) is 1. The van der Waals surface area contributed by atoms with E-state index in [0.717, 1.165) is 36.1 Å². The highest BCUT2D eigenvalue weighted by atomic mass is 16.5. The van der Waals surface area contributed by atoms with E-state index >= 15 is 0 Å². The smallest absolute Gasteiger partial charge is 0.340 e. The van der Waals surface area contributed by atoms with Gasteiger partial charge in [0, 0.05) is 30.2 Å². The predicted octanol–water partition coefficient (Wildman–Crippen LogP) is 3.59. The molecule has 2 aromatic carbocycles. The lowest BCUT2D eigenvalue weighted by Gasteiger charge is -2.18. The van der Waals surface area contributed by atoms with Crippen molar-refractivity contribution in [3.63, 3.8) is 0 Å².